The van der Waals surface area contributed by atoms with Crippen molar-refractivity contribution in [1.29, 1.82) is 5.26 Å². The predicted molar refractivity (Wildman–Crippen MR) is 58.3 cm³/mol. The Morgan fingerprint density at radius 2 is 1.94 bits per heavy atom. The molecule has 0 atom stereocenters. The summed E-state index contributed by atoms with van der Waals surface area (Å²) in [6, 6.07) is 9.77. The molecule has 1 aromatic carbocycles. The number of nitrogens with zero attached hydrogens (tertiary/aromatic N) is 1. The van der Waals surface area contributed by atoms with Crippen LogP contribution in [0.1, 0.15) is 21.7 Å². The molecule has 4 heteroatoms. The van der Waals surface area contributed by atoms with E-state index in [4.69, 9.17) is 21.3 Å². The molecule has 2 aromatic rings. The lowest BCUT2D eigenvalue weighted by Gasteiger charge is -1.98. The van der Waals surface area contributed by atoms with Crippen LogP contribution in [0.4, 0.5) is 0 Å². The Morgan fingerprint density at radius 1 is 1.25 bits per heavy atom. The van der Waals surface area contributed by atoms with Gasteiger partial charge in [0, 0.05) is 10.6 Å². The van der Waals surface area contributed by atoms with Crippen LogP contribution in [0.15, 0.2) is 41.0 Å². The zero-order valence-electron chi connectivity index (χ0n) is 8.11. The molecule has 1 aromatic heterocycles. The molecule has 0 aliphatic carbocycles. The van der Waals surface area contributed by atoms with Crippen LogP contribution in [0.5, 0.6) is 0 Å². The zero-order chi connectivity index (χ0) is 11.5. The summed E-state index contributed by atoms with van der Waals surface area (Å²) in [5.74, 6) is -0.261. The molecule has 0 radical (unpaired) electrons. The van der Waals surface area contributed by atoms with E-state index in [-0.39, 0.29) is 17.1 Å². The summed E-state index contributed by atoms with van der Waals surface area (Å²) in [5, 5.41) is 9.32. The molecule has 0 spiro atoms. The fraction of sp³-hybridized carbons (Fsp3) is 0. The standard InChI is InChI=1S/C12H6ClNO2/c13-10-3-1-8(2-4-10)11(15)12-9(7-14)5-6-16-12/h1-6H. The Labute approximate surface area is 96.9 Å². The number of halogens is 1. The summed E-state index contributed by atoms with van der Waals surface area (Å²) in [6.45, 7) is 0. The molecule has 0 saturated heterocycles. The molecule has 0 aliphatic heterocycles. The minimum Gasteiger partial charge on any atom is -0.459 e. The van der Waals surface area contributed by atoms with Crippen LogP contribution < -0.4 is 0 Å². The summed E-state index contributed by atoms with van der Waals surface area (Å²) < 4.78 is 5.00. The highest BCUT2D eigenvalue weighted by Crippen LogP contribution is 2.17. The number of benzene rings is 1. The third-order valence-corrected chi connectivity index (χ3v) is 2.35. The maximum atomic E-state index is 11.9. The van der Waals surface area contributed by atoms with Gasteiger partial charge in [0.1, 0.15) is 11.6 Å². The predicted octanol–water partition coefficient (Wildman–Crippen LogP) is 3.04. The van der Waals surface area contributed by atoms with E-state index in [2.05, 4.69) is 0 Å². The molecule has 2 rings (SSSR count). The number of nitriles is 1. The van der Waals surface area contributed by atoms with E-state index in [0.717, 1.165) is 0 Å². The highest BCUT2D eigenvalue weighted by Gasteiger charge is 2.16. The smallest absolute Gasteiger partial charge is 0.229 e. The molecule has 0 amide bonds. The fourth-order valence-electron chi connectivity index (χ4n) is 1.31. The number of carbonyl (C=O) groups is 1. The normalized spacial score (nSPS) is 9.75. The maximum Gasteiger partial charge on any atom is 0.229 e. The monoisotopic (exact) mass is 231 g/mol. The lowest BCUT2D eigenvalue weighted by molar-refractivity contribution is 0.101. The summed E-state index contributed by atoms with van der Waals surface area (Å²) in [7, 11) is 0. The van der Waals surface area contributed by atoms with E-state index < -0.39 is 0 Å². The van der Waals surface area contributed by atoms with E-state index >= 15 is 0 Å². The first-order valence-electron chi connectivity index (χ1n) is 4.50. The van der Waals surface area contributed by atoms with Crippen LogP contribution in [0.25, 0.3) is 0 Å². The second-order valence-electron chi connectivity index (χ2n) is 3.11. The van der Waals surface area contributed by atoms with Gasteiger partial charge in [-0.1, -0.05) is 11.6 Å². The van der Waals surface area contributed by atoms with Gasteiger partial charge in [-0.3, -0.25) is 4.79 Å². The van der Waals surface area contributed by atoms with Gasteiger partial charge in [0.15, 0.2) is 5.76 Å². The minimum absolute atomic E-state index is 0.0600. The molecule has 0 saturated carbocycles. The van der Waals surface area contributed by atoms with Gasteiger partial charge < -0.3 is 4.42 Å². The van der Waals surface area contributed by atoms with Crippen LogP contribution in [0.3, 0.4) is 0 Å². The summed E-state index contributed by atoms with van der Waals surface area (Å²) in [6.07, 6.45) is 1.32. The van der Waals surface area contributed by atoms with Gasteiger partial charge in [-0.25, -0.2) is 0 Å². The number of ketones is 1. The maximum absolute atomic E-state index is 11.9. The molecule has 0 fully saturated rings. The highest BCUT2D eigenvalue weighted by molar-refractivity contribution is 6.30. The first-order chi connectivity index (χ1) is 7.72. The topological polar surface area (TPSA) is 54.0 Å². The molecule has 0 N–H and O–H groups in total. The van der Waals surface area contributed by atoms with Crippen molar-refractivity contribution in [2.24, 2.45) is 0 Å². The quantitative estimate of drug-likeness (QED) is 0.747. The minimum atomic E-state index is -0.321. The second kappa shape index (κ2) is 4.21. The van der Waals surface area contributed by atoms with Crippen molar-refractivity contribution in [3.8, 4) is 6.07 Å². The van der Waals surface area contributed by atoms with Gasteiger partial charge in [-0.05, 0) is 30.3 Å². The molecular formula is C12H6ClNO2. The number of carbonyl (C=O) groups excluding carboxylic acids is 1. The van der Waals surface area contributed by atoms with Crippen LogP contribution in [0.2, 0.25) is 5.02 Å². The van der Waals surface area contributed by atoms with Gasteiger partial charge in [-0.15, -0.1) is 0 Å². The molecule has 78 valence electrons. The number of furan rings is 1. The SMILES string of the molecule is N#Cc1ccoc1C(=O)c1ccc(Cl)cc1. The Kier molecular flexibility index (Phi) is 2.76. The van der Waals surface area contributed by atoms with E-state index in [1.807, 2.05) is 6.07 Å². The molecule has 1 heterocycles. The van der Waals surface area contributed by atoms with Crippen LogP contribution in [0, 0.1) is 11.3 Å². The average Bonchev–Trinajstić information content (AvgIpc) is 2.77. The van der Waals surface area contributed by atoms with Crippen molar-refractivity contribution >= 4 is 17.4 Å². The van der Waals surface area contributed by atoms with Crippen molar-refractivity contribution < 1.29 is 9.21 Å². The number of hydrogen-bond acceptors (Lipinski definition) is 3. The van der Waals surface area contributed by atoms with Gasteiger partial charge >= 0.3 is 0 Å². The van der Waals surface area contributed by atoms with Crippen LogP contribution in [-0.2, 0) is 0 Å². The Bertz CT molecular complexity index is 563. The molecule has 0 bridgehead atoms. The third kappa shape index (κ3) is 1.83. The van der Waals surface area contributed by atoms with E-state index in [9.17, 15) is 4.79 Å². The van der Waals surface area contributed by atoms with Gasteiger partial charge in [-0.2, -0.15) is 5.26 Å². The Balaban J connectivity index is 2.40. The van der Waals surface area contributed by atoms with E-state index in [1.165, 1.54) is 12.3 Å². The van der Waals surface area contributed by atoms with Crippen molar-refractivity contribution in [3.63, 3.8) is 0 Å². The van der Waals surface area contributed by atoms with Gasteiger partial charge in [0.05, 0.1) is 6.26 Å². The van der Waals surface area contributed by atoms with Crippen molar-refractivity contribution in [3.05, 3.63) is 58.5 Å². The Hall–Kier alpha value is -2.05. The number of rotatable bonds is 2. The molecule has 0 unspecified atom stereocenters. The average molecular weight is 232 g/mol. The highest BCUT2D eigenvalue weighted by atomic mass is 35.5. The van der Waals surface area contributed by atoms with Gasteiger partial charge in [0.2, 0.25) is 5.78 Å². The molecule has 16 heavy (non-hydrogen) atoms. The van der Waals surface area contributed by atoms with Gasteiger partial charge in [0.25, 0.3) is 0 Å². The zero-order valence-corrected chi connectivity index (χ0v) is 8.86. The summed E-state index contributed by atoms with van der Waals surface area (Å²) >= 11 is 5.71. The lowest BCUT2D eigenvalue weighted by atomic mass is 10.1. The van der Waals surface area contributed by atoms with Crippen molar-refractivity contribution in [2.75, 3.05) is 0 Å². The molecule has 0 aliphatic rings. The molecular weight excluding hydrogens is 226 g/mol. The summed E-state index contributed by atoms with van der Waals surface area (Å²) in [5.41, 5.74) is 0.677. The first-order valence-corrected chi connectivity index (χ1v) is 4.88. The fourth-order valence-corrected chi connectivity index (χ4v) is 1.43. The third-order valence-electron chi connectivity index (χ3n) is 2.10. The van der Waals surface area contributed by atoms with Crippen LogP contribution in [-0.4, -0.2) is 5.78 Å². The lowest BCUT2D eigenvalue weighted by Crippen LogP contribution is -2.01. The van der Waals surface area contributed by atoms with E-state index in [1.54, 1.807) is 24.3 Å². The van der Waals surface area contributed by atoms with Crippen LogP contribution >= 0.6 is 11.6 Å². The number of hydrogen-bond donors (Lipinski definition) is 0. The largest absolute Gasteiger partial charge is 0.459 e. The van der Waals surface area contributed by atoms with Crippen molar-refractivity contribution in [2.45, 2.75) is 0 Å². The summed E-state index contributed by atoms with van der Waals surface area (Å²) in [4.78, 5) is 11.9. The van der Waals surface area contributed by atoms with E-state index in [0.29, 0.717) is 10.6 Å². The molecule has 3 nitrogen and oxygen atoms in total. The second-order valence-corrected chi connectivity index (χ2v) is 3.55. The van der Waals surface area contributed by atoms with Crippen molar-refractivity contribution in [1.82, 2.24) is 0 Å². The first kappa shape index (κ1) is 10.5. The Morgan fingerprint density at radius 3 is 2.56 bits per heavy atom.